The number of aliphatic carboxylic acids is 1. The van der Waals surface area contributed by atoms with Gasteiger partial charge in [0.2, 0.25) is 15.8 Å². The van der Waals surface area contributed by atoms with Gasteiger partial charge in [0, 0.05) is 18.7 Å². The summed E-state index contributed by atoms with van der Waals surface area (Å²) in [6.07, 6.45) is -4.40. The average Bonchev–Trinajstić information content (AvgIpc) is 2.83. The quantitative estimate of drug-likeness (QED) is 0.539. The third-order valence-corrected chi connectivity index (χ3v) is 6.70. The van der Waals surface area contributed by atoms with Crippen LogP contribution < -0.4 is 10.0 Å². The van der Waals surface area contributed by atoms with Gasteiger partial charge in [0.15, 0.2) is 0 Å². The Hall–Kier alpha value is -3.51. The molecule has 1 aliphatic rings. The van der Waals surface area contributed by atoms with Crippen molar-refractivity contribution in [2.45, 2.75) is 23.9 Å². The van der Waals surface area contributed by atoms with Crippen molar-refractivity contribution < 1.29 is 31.5 Å². The Bertz CT molecular complexity index is 1360. The number of carbonyl (C=O) groups is 1. The molecule has 0 unspecified atom stereocenters. The highest BCUT2D eigenvalue weighted by molar-refractivity contribution is 7.89. The maximum Gasteiger partial charge on any atom is 0.451 e. The molecule has 1 aliphatic heterocycles. The Balaban J connectivity index is 1.98. The van der Waals surface area contributed by atoms with Gasteiger partial charge < -0.3 is 10.0 Å². The summed E-state index contributed by atoms with van der Waals surface area (Å²) in [7, 11) is -4.13. The Morgan fingerprint density at radius 2 is 1.63 bits per heavy atom. The van der Waals surface area contributed by atoms with Crippen molar-refractivity contribution in [3.8, 4) is 22.4 Å². The van der Waals surface area contributed by atoms with Crippen LogP contribution in [0.5, 0.6) is 0 Å². The van der Waals surface area contributed by atoms with Crippen LogP contribution in [-0.2, 0) is 21.0 Å². The normalized spacial score (nSPS) is 15.3. The zero-order chi connectivity index (χ0) is 25.4. The number of nitrogens with two attached hydrogens (primary N) is 1. The molecule has 184 valence electrons. The molecular weight excluding hydrogens is 485 g/mol. The second kappa shape index (κ2) is 9.27. The summed E-state index contributed by atoms with van der Waals surface area (Å²) in [5.41, 5.74) is 0.802. The van der Waals surface area contributed by atoms with E-state index in [1.165, 1.54) is 24.3 Å². The van der Waals surface area contributed by atoms with E-state index in [2.05, 4.69) is 9.97 Å². The molecule has 0 saturated carbocycles. The molecule has 3 N–H and O–H groups in total. The fourth-order valence-electron chi connectivity index (χ4n) is 4.04. The molecule has 1 aromatic heterocycles. The summed E-state index contributed by atoms with van der Waals surface area (Å²) in [5.74, 6) is -2.93. The average molecular weight is 507 g/mol. The third kappa shape index (κ3) is 5.28. The number of aromatic nitrogens is 2. The van der Waals surface area contributed by atoms with Gasteiger partial charge in [-0.25, -0.2) is 23.5 Å². The number of piperidine rings is 1. The highest BCUT2D eigenvalue weighted by Crippen LogP contribution is 2.41. The van der Waals surface area contributed by atoms with E-state index in [1.54, 1.807) is 35.2 Å². The van der Waals surface area contributed by atoms with Crippen molar-refractivity contribution in [2.75, 3.05) is 18.0 Å². The van der Waals surface area contributed by atoms with Gasteiger partial charge in [0.1, 0.15) is 5.82 Å². The Labute approximate surface area is 199 Å². The lowest BCUT2D eigenvalue weighted by Crippen LogP contribution is -2.37. The molecule has 8 nitrogen and oxygen atoms in total. The van der Waals surface area contributed by atoms with Crippen molar-refractivity contribution in [3.63, 3.8) is 0 Å². The van der Waals surface area contributed by atoms with Gasteiger partial charge in [-0.1, -0.05) is 42.5 Å². The number of nitrogens with zero attached hydrogens (tertiary/aromatic N) is 3. The monoisotopic (exact) mass is 506 g/mol. The van der Waals surface area contributed by atoms with E-state index in [0.717, 1.165) is 0 Å². The first-order valence-corrected chi connectivity index (χ1v) is 12.2. The standard InChI is InChI=1S/C23H21F3N4O4S/c24-23(25,26)22-28-19(16-7-4-8-17(13-16)35(27,33)34)18(14-5-2-1-3-6-14)20(29-22)30-11-9-15(10-12-30)21(31)32/h1-8,13,15H,9-12H2,(H,31,32)(H2,27,33,34). The highest BCUT2D eigenvalue weighted by atomic mass is 32.2. The number of rotatable bonds is 5. The summed E-state index contributed by atoms with van der Waals surface area (Å²) < 4.78 is 65.4. The Morgan fingerprint density at radius 1 is 1.00 bits per heavy atom. The van der Waals surface area contributed by atoms with Crippen LogP contribution in [0.15, 0.2) is 59.5 Å². The number of benzene rings is 2. The molecular formula is C23H21F3N4O4S. The number of halogens is 3. The van der Waals surface area contributed by atoms with Gasteiger partial charge in [-0.05, 0) is 30.5 Å². The minimum atomic E-state index is -4.88. The van der Waals surface area contributed by atoms with E-state index in [-0.39, 0.29) is 53.5 Å². The van der Waals surface area contributed by atoms with Crippen molar-refractivity contribution >= 4 is 21.8 Å². The van der Waals surface area contributed by atoms with Gasteiger partial charge in [0.25, 0.3) is 0 Å². The van der Waals surface area contributed by atoms with E-state index in [1.807, 2.05) is 0 Å². The molecule has 12 heteroatoms. The number of hydrogen-bond acceptors (Lipinski definition) is 6. The smallest absolute Gasteiger partial charge is 0.451 e. The SMILES string of the molecule is NS(=O)(=O)c1cccc(-c2nc(C(F)(F)F)nc(N3CCC(C(=O)O)CC3)c2-c2ccccc2)c1. The van der Waals surface area contributed by atoms with E-state index in [9.17, 15) is 31.5 Å². The molecule has 35 heavy (non-hydrogen) atoms. The number of hydrogen-bond donors (Lipinski definition) is 2. The number of alkyl halides is 3. The first kappa shape index (κ1) is 24.6. The number of anilines is 1. The van der Waals surface area contributed by atoms with E-state index in [4.69, 9.17) is 5.14 Å². The molecule has 0 aliphatic carbocycles. The Morgan fingerprint density at radius 3 is 2.20 bits per heavy atom. The van der Waals surface area contributed by atoms with Crippen LogP contribution in [0.2, 0.25) is 0 Å². The zero-order valence-corrected chi connectivity index (χ0v) is 19.1. The van der Waals surface area contributed by atoms with Crippen molar-refractivity contribution in [1.29, 1.82) is 0 Å². The number of carboxylic acid groups (broad SMARTS) is 1. The second-order valence-electron chi connectivity index (χ2n) is 8.13. The van der Waals surface area contributed by atoms with Crippen LogP contribution in [0.4, 0.5) is 19.0 Å². The highest BCUT2D eigenvalue weighted by Gasteiger charge is 2.38. The fraction of sp³-hybridized carbons (Fsp3) is 0.261. The van der Waals surface area contributed by atoms with Crippen LogP contribution in [0, 0.1) is 5.92 Å². The molecule has 1 saturated heterocycles. The zero-order valence-electron chi connectivity index (χ0n) is 18.2. The first-order chi connectivity index (χ1) is 16.4. The summed E-state index contributed by atoms with van der Waals surface area (Å²) in [5, 5.41) is 14.6. The van der Waals surface area contributed by atoms with Crippen LogP contribution >= 0.6 is 0 Å². The lowest BCUT2D eigenvalue weighted by atomic mass is 9.95. The van der Waals surface area contributed by atoms with E-state index >= 15 is 0 Å². The fourth-order valence-corrected chi connectivity index (χ4v) is 4.60. The molecule has 2 heterocycles. The van der Waals surface area contributed by atoms with Gasteiger partial charge in [-0.3, -0.25) is 4.79 Å². The largest absolute Gasteiger partial charge is 0.481 e. The minimum Gasteiger partial charge on any atom is -0.481 e. The summed E-state index contributed by atoms with van der Waals surface area (Å²) >= 11 is 0. The molecule has 0 bridgehead atoms. The van der Waals surface area contributed by atoms with Gasteiger partial charge in [-0.2, -0.15) is 13.2 Å². The van der Waals surface area contributed by atoms with Gasteiger partial charge in [-0.15, -0.1) is 0 Å². The van der Waals surface area contributed by atoms with E-state index < -0.39 is 33.9 Å². The van der Waals surface area contributed by atoms with Crippen LogP contribution in [0.3, 0.4) is 0 Å². The molecule has 0 radical (unpaired) electrons. The van der Waals surface area contributed by atoms with Gasteiger partial charge in [0.05, 0.1) is 22.1 Å². The summed E-state index contributed by atoms with van der Waals surface area (Å²) in [6.45, 7) is 0.365. The summed E-state index contributed by atoms with van der Waals surface area (Å²) in [4.78, 5) is 20.4. The third-order valence-electron chi connectivity index (χ3n) is 5.79. The van der Waals surface area contributed by atoms with Crippen molar-refractivity contribution in [2.24, 2.45) is 11.1 Å². The summed E-state index contributed by atoms with van der Waals surface area (Å²) in [6, 6.07) is 13.8. The molecule has 2 aromatic carbocycles. The predicted molar refractivity (Wildman–Crippen MR) is 122 cm³/mol. The molecule has 1 fully saturated rings. The minimum absolute atomic E-state index is 0.00151. The van der Waals surface area contributed by atoms with Crippen LogP contribution in [0.25, 0.3) is 22.4 Å². The molecule has 0 atom stereocenters. The van der Waals surface area contributed by atoms with Gasteiger partial charge >= 0.3 is 12.1 Å². The number of carboxylic acids is 1. The molecule has 0 amide bonds. The van der Waals surface area contributed by atoms with Crippen molar-refractivity contribution in [3.05, 3.63) is 60.4 Å². The predicted octanol–water partition coefficient (Wildman–Crippen LogP) is 3.78. The number of primary sulfonamides is 1. The second-order valence-corrected chi connectivity index (χ2v) is 9.69. The lowest BCUT2D eigenvalue weighted by Gasteiger charge is -2.33. The van der Waals surface area contributed by atoms with E-state index in [0.29, 0.717) is 5.56 Å². The maximum atomic E-state index is 13.9. The lowest BCUT2D eigenvalue weighted by molar-refractivity contribution is -0.144. The van der Waals surface area contributed by atoms with Crippen molar-refractivity contribution in [1.82, 2.24) is 9.97 Å². The first-order valence-electron chi connectivity index (χ1n) is 10.6. The maximum absolute atomic E-state index is 13.9. The topological polar surface area (TPSA) is 126 Å². The molecule has 0 spiro atoms. The Kier molecular flexibility index (Phi) is 6.52. The molecule has 4 rings (SSSR count). The molecule has 3 aromatic rings. The number of sulfonamides is 1. The van der Waals surface area contributed by atoms with Crippen LogP contribution in [0.1, 0.15) is 18.7 Å². The van der Waals surface area contributed by atoms with Crippen LogP contribution in [-0.4, -0.2) is 42.6 Å².